The molecule has 7 amide bonds. The van der Waals surface area contributed by atoms with Crippen LogP contribution in [0.4, 0.5) is 17.6 Å². The Bertz CT molecular complexity index is 5340. The number of aromatic nitrogens is 10. The van der Waals surface area contributed by atoms with E-state index in [2.05, 4.69) is 246 Å². The fourth-order valence-electron chi connectivity index (χ4n) is 18.5. The lowest BCUT2D eigenvalue weighted by Crippen LogP contribution is -2.54. The lowest BCUT2D eigenvalue weighted by atomic mass is 9.88. The molecule has 0 radical (unpaired) electrons. The minimum Gasteiger partial charge on any atom is -0.481 e. The Morgan fingerprint density at radius 3 is 0.919 bits per heavy atom. The lowest BCUT2D eigenvalue weighted by molar-refractivity contribution is 0.0781. The molecule has 0 unspecified atom stereocenters. The molecule has 148 heavy (non-hydrogen) atoms. The van der Waals surface area contributed by atoms with Gasteiger partial charge < -0.3 is 90.5 Å². The summed E-state index contributed by atoms with van der Waals surface area (Å²) >= 11 is 0. The summed E-state index contributed by atoms with van der Waals surface area (Å²) in [4.78, 5) is 143. The van der Waals surface area contributed by atoms with Gasteiger partial charge in [-0.2, -0.15) is 15.0 Å². The number of carbonyl (C=O) groups is 7. The Hall–Kier alpha value is -11.2. The zero-order valence-electron chi connectivity index (χ0n) is 93.0. The molecule has 35 nitrogen and oxygen atoms in total. The quantitative estimate of drug-likeness (QED) is 0.0261. The molecule has 0 aliphatic carbocycles. The summed E-state index contributed by atoms with van der Waals surface area (Å²) in [7, 11) is 5.92. The van der Waals surface area contributed by atoms with E-state index < -0.39 is 35.1 Å². The maximum absolute atomic E-state index is 13.7. The molecule has 0 bridgehead atoms. The molecule has 0 atom stereocenters. The third-order valence-corrected chi connectivity index (χ3v) is 29.3. The van der Waals surface area contributed by atoms with Crippen molar-refractivity contribution in [3.8, 4) is 23.5 Å². The molecule has 0 aromatic carbocycles. The monoisotopic (exact) mass is 2070 g/mol. The summed E-state index contributed by atoms with van der Waals surface area (Å²) in [5.41, 5.74) is 1.02. The van der Waals surface area contributed by atoms with Crippen molar-refractivity contribution in [2.45, 2.75) is 337 Å². The molecule has 7 aliphatic heterocycles. The normalized spacial score (nSPS) is 18.6. The standard InChI is InChI=1S/C16H24FN3O2.C16H24FN3O.C16H26N4O3.C16H25N3O.C15H21F2N3O.C15H24N4O2.C15H24N4O/c1-11(2)20-7-5-16(3,6-8-20)19-14(21)13-9-12(17)10-18-15(13)22-4;1-11(2)20-9-7-16(4,8-10-20)19-15(21)14-13(17)6-5-12(3)18-14;1-11(2)20-8-6-16(3,7-9-20)19-15(21)14-17-12(22-4)10-13(18-14)23-5;1-12(2)19-9-6-16(4,7-10-19)18-15(20)14-5-8-17-13(3)11-14;1-10(2)20-6-4-15(3,5-7-20)19-14(21)13-12(17)8-11(16)9-18-13;1-11(2)19-9-6-15(3,7-10-19)18-14(20)13-16-8-5-12(17-13)21-4;1-11(2)19-9-6-15(4,7-10-19)18-14(20)13-16-8-5-12(3)17-13/h9-11H,5-8H2,1-4H3,(H,19,21);5-6,11H,7-10H2,1-4H3,(H,19,21);10-11H,6-9H2,1-5H3,(H,19,21);5,8,11-12H,6-7,9-10H2,1-4H3,(H,18,20);8-10H,4-7H2,1-3H3,(H,19,21);5,8,11H,6-7,9-10H2,1-4H3,(H,18,20);5,8,11H,6-7,9-10H2,1-4H3,(H,18,20). The Balaban J connectivity index is 0.000000211. The number of hydrogen-bond donors (Lipinski definition) is 7. The van der Waals surface area contributed by atoms with Crippen LogP contribution in [-0.4, -0.2) is 327 Å². The van der Waals surface area contributed by atoms with Crippen LogP contribution in [0.3, 0.4) is 0 Å². The zero-order valence-corrected chi connectivity index (χ0v) is 93.0. The van der Waals surface area contributed by atoms with E-state index in [4.69, 9.17) is 18.9 Å². The van der Waals surface area contributed by atoms with Gasteiger partial charge in [0.1, 0.15) is 17.2 Å². The van der Waals surface area contributed by atoms with E-state index in [1.165, 1.54) is 40.7 Å². The number of pyridine rings is 4. The molecule has 7 N–H and O–H groups in total. The van der Waals surface area contributed by atoms with Crippen LogP contribution in [-0.2, 0) is 0 Å². The second kappa shape index (κ2) is 55.5. The van der Waals surface area contributed by atoms with Crippen molar-refractivity contribution in [1.82, 2.24) is 121 Å². The van der Waals surface area contributed by atoms with Crippen LogP contribution in [0, 0.1) is 44.0 Å². The highest BCUT2D eigenvalue weighted by Gasteiger charge is 2.42. The third kappa shape index (κ3) is 37.7. The number of nitrogens with one attached hydrogen (secondary N) is 7. The van der Waals surface area contributed by atoms with Crippen LogP contribution in [0.25, 0.3) is 0 Å². The molecular weight excluding hydrogens is 1900 g/mol. The number of methoxy groups -OCH3 is 4. The summed E-state index contributed by atoms with van der Waals surface area (Å²) in [6.07, 6.45) is 19.4. The van der Waals surface area contributed by atoms with E-state index >= 15 is 0 Å². The summed E-state index contributed by atoms with van der Waals surface area (Å²) in [6, 6.07) is 17.0. The van der Waals surface area contributed by atoms with Crippen molar-refractivity contribution < 1.29 is 70.1 Å². The molecule has 0 spiro atoms. The molecule has 0 saturated carbocycles. The smallest absolute Gasteiger partial charge is 0.289 e. The van der Waals surface area contributed by atoms with E-state index in [0.717, 1.165) is 211 Å². The second-order valence-electron chi connectivity index (χ2n) is 43.9. The van der Waals surface area contributed by atoms with Crippen molar-refractivity contribution in [1.29, 1.82) is 0 Å². The van der Waals surface area contributed by atoms with E-state index in [-0.39, 0.29) is 109 Å². The number of amides is 7. The lowest BCUT2D eigenvalue weighted by Gasteiger charge is -2.41. The van der Waals surface area contributed by atoms with Gasteiger partial charge in [-0.3, -0.25) is 38.5 Å². The SMILES string of the molecule is CC(C)N1CCC(C)(NC(=O)c2ncc(F)cc2F)CC1.COc1cc(OC)nc(C(=O)NC2(C)CCN(C(C)C)CC2)n1.COc1ccnc(C(=O)NC2(C)CCN(C(C)C)CC2)n1.COc1ncc(F)cc1C(=O)NC1(C)CCN(C(C)C)CC1.Cc1cc(C(=O)NC2(C)CCN(C(C)C)CC2)ccn1.Cc1ccc(F)c(C(=O)NC2(C)CCN(C(C)C)CC2)n1.Cc1ccnc(C(=O)NC2(C)CCN(C(C)C)CC2)n1. The molecule has 7 fully saturated rings. The number of ether oxygens (including phenoxy) is 4. The van der Waals surface area contributed by atoms with Crippen molar-refractivity contribution in [3.63, 3.8) is 0 Å². The number of likely N-dealkylation sites (tertiary alicyclic amines) is 7. The topological polar surface area (TPSA) is 392 Å². The van der Waals surface area contributed by atoms with E-state index in [1.807, 2.05) is 40.7 Å². The molecule has 39 heteroatoms. The number of hydrogen-bond acceptors (Lipinski definition) is 28. The van der Waals surface area contributed by atoms with E-state index in [9.17, 15) is 51.1 Å². The number of piperidine rings is 7. The van der Waals surface area contributed by atoms with Crippen molar-refractivity contribution >= 4 is 41.4 Å². The maximum atomic E-state index is 13.7. The Labute approximate surface area is 874 Å². The summed E-state index contributed by atoms with van der Waals surface area (Å²) in [5, 5.41) is 21.3. The third-order valence-electron chi connectivity index (χ3n) is 29.3. The Kier molecular flexibility index (Phi) is 45.7. The average molecular weight is 2070 g/mol. The largest absolute Gasteiger partial charge is 0.481 e. The molecule has 7 aromatic heterocycles. The summed E-state index contributed by atoms with van der Waals surface area (Å²) in [6.45, 7) is 64.1. The second-order valence-corrected chi connectivity index (χ2v) is 43.9. The summed E-state index contributed by atoms with van der Waals surface area (Å²) in [5.74, 6) is -3.27. The average Bonchev–Trinajstić information content (AvgIpc) is 0.836. The molecular formula is C109H168F4N24O11. The highest BCUT2D eigenvalue weighted by atomic mass is 19.1. The number of nitrogens with zero attached hydrogens (tertiary/aromatic N) is 17. The predicted molar refractivity (Wildman–Crippen MR) is 566 cm³/mol. The Morgan fingerprint density at radius 1 is 0.284 bits per heavy atom. The number of rotatable bonds is 25. The van der Waals surface area contributed by atoms with Gasteiger partial charge >= 0.3 is 0 Å². The summed E-state index contributed by atoms with van der Waals surface area (Å²) < 4.78 is 73.7. The van der Waals surface area contributed by atoms with Crippen molar-refractivity contribution in [3.05, 3.63) is 166 Å². The number of halogens is 4. The van der Waals surface area contributed by atoms with Gasteiger partial charge in [-0.05, 0) is 292 Å². The van der Waals surface area contributed by atoms with Crippen LogP contribution in [0.1, 0.15) is 326 Å². The zero-order chi connectivity index (χ0) is 110. The van der Waals surface area contributed by atoms with Gasteiger partial charge in [0.2, 0.25) is 41.0 Å². The molecule has 14 rings (SSSR count). The van der Waals surface area contributed by atoms with Crippen molar-refractivity contribution in [2.24, 2.45) is 0 Å². The molecule has 7 aromatic rings. The first-order valence-corrected chi connectivity index (χ1v) is 52.2. The Morgan fingerprint density at radius 2 is 0.581 bits per heavy atom. The highest BCUT2D eigenvalue weighted by molar-refractivity contribution is 5.97. The maximum Gasteiger partial charge on any atom is 0.289 e. The van der Waals surface area contributed by atoms with Gasteiger partial charge in [0.25, 0.3) is 41.4 Å². The molecule has 14 heterocycles. The number of aryl methyl sites for hydroxylation is 3. The highest BCUT2D eigenvalue weighted by Crippen LogP contribution is 2.33. The van der Waals surface area contributed by atoms with Gasteiger partial charge in [-0.25, -0.2) is 47.5 Å². The molecule has 818 valence electrons. The number of carbonyl (C=O) groups excluding carboxylic acids is 7. The van der Waals surface area contributed by atoms with E-state index in [1.54, 1.807) is 49.6 Å². The van der Waals surface area contributed by atoms with Crippen LogP contribution in [0.2, 0.25) is 0 Å². The van der Waals surface area contributed by atoms with Crippen LogP contribution >= 0.6 is 0 Å². The van der Waals surface area contributed by atoms with Crippen LogP contribution < -0.4 is 56.2 Å². The molecule has 7 saturated heterocycles. The van der Waals surface area contributed by atoms with E-state index in [0.29, 0.717) is 77.3 Å². The van der Waals surface area contributed by atoms with Gasteiger partial charge in [-0.1, -0.05) is 0 Å². The van der Waals surface area contributed by atoms with Crippen LogP contribution in [0.5, 0.6) is 23.5 Å². The minimum atomic E-state index is -0.935. The minimum absolute atomic E-state index is 0.0102. The predicted octanol–water partition coefficient (Wildman–Crippen LogP) is 14.2. The fourth-order valence-corrected chi connectivity index (χ4v) is 18.5. The molecule has 7 aliphatic rings. The van der Waals surface area contributed by atoms with Gasteiger partial charge in [0, 0.05) is 226 Å². The van der Waals surface area contributed by atoms with Gasteiger partial charge in [-0.15, -0.1) is 0 Å². The first-order chi connectivity index (χ1) is 69.5. The van der Waals surface area contributed by atoms with Crippen molar-refractivity contribution in [2.75, 3.05) is 120 Å². The van der Waals surface area contributed by atoms with Gasteiger partial charge in [0.15, 0.2) is 23.0 Å². The first-order valence-electron chi connectivity index (χ1n) is 52.2. The van der Waals surface area contributed by atoms with Gasteiger partial charge in [0.05, 0.1) is 46.9 Å². The first kappa shape index (κ1) is 122. The van der Waals surface area contributed by atoms with Crippen LogP contribution in [0.15, 0.2) is 85.6 Å². The fraction of sp³-hybridized carbons (Fsp3) is 0.642.